The summed E-state index contributed by atoms with van der Waals surface area (Å²) in [4.78, 5) is 31.2. The first-order chi connectivity index (χ1) is 16.4. The molecular weight excluding hydrogens is 466 g/mol. The molecule has 0 bridgehead atoms. The zero-order chi connectivity index (χ0) is 24.2. The summed E-state index contributed by atoms with van der Waals surface area (Å²) in [6.45, 7) is 4.91. The number of thiocarbonyl (C=S) groups is 1. The summed E-state index contributed by atoms with van der Waals surface area (Å²) in [6, 6.07) is 17.0. The number of pyridine rings is 1. The second-order valence-corrected chi connectivity index (χ2v) is 9.47. The van der Waals surface area contributed by atoms with Crippen molar-refractivity contribution in [1.82, 2.24) is 9.88 Å². The number of benzene rings is 2. The van der Waals surface area contributed by atoms with E-state index in [0.29, 0.717) is 35.0 Å². The number of carbonyl (C=O) groups excluding carboxylic acids is 1. The fourth-order valence-electron chi connectivity index (χ4n) is 3.71. The number of para-hydroxylation sites is 1. The molecule has 0 fully saturated rings. The van der Waals surface area contributed by atoms with Gasteiger partial charge in [0.1, 0.15) is 0 Å². The molecule has 174 valence electrons. The number of esters is 1. The summed E-state index contributed by atoms with van der Waals surface area (Å²) in [6.07, 6.45) is 0. The monoisotopic (exact) mass is 491 g/mol. The lowest BCUT2D eigenvalue weighted by molar-refractivity contribution is 0.0602. The summed E-state index contributed by atoms with van der Waals surface area (Å²) in [5.74, 6) is -0.452. The van der Waals surface area contributed by atoms with Gasteiger partial charge < -0.3 is 19.9 Å². The number of aromatic nitrogens is 1. The quantitative estimate of drug-likeness (QED) is 0.278. The molecule has 0 atom stereocenters. The van der Waals surface area contributed by atoms with E-state index >= 15 is 0 Å². The zero-order valence-electron chi connectivity index (χ0n) is 19.2. The summed E-state index contributed by atoms with van der Waals surface area (Å²) in [7, 11) is 1.34. The molecule has 34 heavy (non-hydrogen) atoms. The first-order valence-corrected chi connectivity index (χ1v) is 12.0. The molecule has 0 spiro atoms. The van der Waals surface area contributed by atoms with E-state index in [0.717, 1.165) is 26.9 Å². The van der Waals surface area contributed by atoms with Crippen LogP contribution in [-0.2, 0) is 17.8 Å². The smallest absolute Gasteiger partial charge is 0.339 e. The van der Waals surface area contributed by atoms with Gasteiger partial charge in [-0.25, -0.2) is 4.79 Å². The van der Waals surface area contributed by atoms with E-state index in [1.54, 1.807) is 29.5 Å². The van der Waals surface area contributed by atoms with Crippen LogP contribution < -0.4 is 10.9 Å². The van der Waals surface area contributed by atoms with Crippen molar-refractivity contribution in [2.75, 3.05) is 12.4 Å². The van der Waals surface area contributed by atoms with Gasteiger partial charge in [-0.15, -0.1) is 11.3 Å². The maximum absolute atomic E-state index is 12.9. The van der Waals surface area contributed by atoms with E-state index in [4.69, 9.17) is 17.0 Å². The topological polar surface area (TPSA) is 74.4 Å². The molecule has 2 aromatic carbocycles. The van der Waals surface area contributed by atoms with Crippen molar-refractivity contribution in [2.24, 2.45) is 0 Å². The zero-order valence-corrected chi connectivity index (χ0v) is 20.8. The van der Waals surface area contributed by atoms with E-state index in [1.165, 1.54) is 7.11 Å². The Morgan fingerprint density at radius 3 is 2.59 bits per heavy atom. The SMILES string of the molecule is COC(=O)c1ccccc1NC(=S)N(Cc1cccs1)Cc1cc2cc(C)c(C)cc2[nH]c1=O. The van der Waals surface area contributed by atoms with Gasteiger partial charge in [0.15, 0.2) is 5.11 Å². The number of carbonyl (C=O) groups is 1. The van der Waals surface area contributed by atoms with Crippen molar-refractivity contribution in [1.29, 1.82) is 0 Å². The second-order valence-electron chi connectivity index (χ2n) is 8.05. The van der Waals surface area contributed by atoms with Gasteiger partial charge in [-0.2, -0.15) is 0 Å². The molecule has 2 heterocycles. The lowest BCUT2D eigenvalue weighted by Crippen LogP contribution is -2.35. The first kappa shape index (κ1) is 23.7. The van der Waals surface area contributed by atoms with Crippen LogP contribution in [0, 0.1) is 13.8 Å². The molecule has 0 saturated heterocycles. The average Bonchev–Trinajstić information content (AvgIpc) is 3.33. The predicted molar refractivity (Wildman–Crippen MR) is 142 cm³/mol. The summed E-state index contributed by atoms with van der Waals surface area (Å²) >= 11 is 7.36. The third-order valence-electron chi connectivity index (χ3n) is 5.68. The molecular formula is C26H25N3O3S2. The van der Waals surface area contributed by atoms with Crippen LogP contribution in [-0.4, -0.2) is 28.1 Å². The Morgan fingerprint density at radius 1 is 1.09 bits per heavy atom. The molecule has 0 aliphatic rings. The Kier molecular flexibility index (Phi) is 7.09. The molecule has 4 aromatic rings. The third-order valence-corrected chi connectivity index (χ3v) is 6.91. The second kappa shape index (κ2) is 10.2. The van der Waals surface area contributed by atoms with Crippen molar-refractivity contribution in [3.63, 3.8) is 0 Å². The molecule has 0 aliphatic heterocycles. The van der Waals surface area contributed by atoms with Gasteiger partial charge in [0.05, 0.1) is 31.5 Å². The van der Waals surface area contributed by atoms with Crippen LogP contribution in [0.4, 0.5) is 5.69 Å². The van der Waals surface area contributed by atoms with E-state index in [1.807, 2.05) is 47.5 Å². The Balaban J connectivity index is 1.67. The number of nitrogens with one attached hydrogen (secondary N) is 2. The molecule has 8 heteroatoms. The normalized spacial score (nSPS) is 10.8. The number of nitrogens with zero attached hydrogens (tertiary/aromatic N) is 1. The minimum atomic E-state index is -0.452. The van der Waals surface area contributed by atoms with Crippen LogP contribution in [0.3, 0.4) is 0 Å². The fraction of sp³-hybridized carbons (Fsp3) is 0.192. The lowest BCUT2D eigenvalue weighted by atomic mass is 10.0. The largest absolute Gasteiger partial charge is 0.465 e. The third kappa shape index (κ3) is 5.18. The predicted octanol–water partition coefficient (Wildman–Crippen LogP) is 5.39. The van der Waals surface area contributed by atoms with Gasteiger partial charge in [0, 0.05) is 16.0 Å². The molecule has 0 aliphatic carbocycles. The van der Waals surface area contributed by atoms with Crippen LogP contribution in [0.15, 0.2) is 64.8 Å². The van der Waals surface area contributed by atoms with Gasteiger partial charge in [0.2, 0.25) is 0 Å². The van der Waals surface area contributed by atoms with Gasteiger partial charge in [-0.1, -0.05) is 18.2 Å². The van der Waals surface area contributed by atoms with E-state index in [9.17, 15) is 9.59 Å². The van der Waals surface area contributed by atoms with E-state index < -0.39 is 5.97 Å². The number of fused-ring (bicyclic) bond motifs is 1. The lowest BCUT2D eigenvalue weighted by Gasteiger charge is -2.26. The Hall–Kier alpha value is -3.49. The molecule has 0 radical (unpaired) electrons. The molecule has 2 aromatic heterocycles. The van der Waals surface area contributed by atoms with E-state index in [-0.39, 0.29) is 5.56 Å². The number of hydrogen-bond acceptors (Lipinski definition) is 5. The van der Waals surface area contributed by atoms with E-state index in [2.05, 4.69) is 23.3 Å². The fourth-order valence-corrected chi connectivity index (χ4v) is 4.67. The summed E-state index contributed by atoms with van der Waals surface area (Å²) < 4.78 is 4.89. The van der Waals surface area contributed by atoms with Gasteiger partial charge in [-0.3, -0.25) is 4.79 Å². The highest BCUT2D eigenvalue weighted by Crippen LogP contribution is 2.21. The van der Waals surface area contributed by atoms with Gasteiger partial charge in [0.25, 0.3) is 5.56 Å². The maximum atomic E-state index is 12.9. The number of ether oxygens (including phenoxy) is 1. The van der Waals surface area contributed by atoms with Crippen molar-refractivity contribution in [2.45, 2.75) is 26.9 Å². The minimum Gasteiger partial charge on any atom is -0.465 e. The highest BCUT2D eigenvalue weighted by atomic mass is 32.1. The summed E-state index contributed by atoms with van der Waals surface area (Å²) in [5, 5.41) is 6.57. The maximum Gasteiger partial charge on any atom is 0.339 e. The molecule has 0 unspecified atom stereocenters. The number of aromatic amines is 1. The molecule has 6 nitrogen and oxygen atoms in total. The van der Waals surface area contributed by atoms with Gasteiger partial charge >= 0.3 is 5.97 Å². The van der Waals surface area contributed by atoms with Crippen molar-refractivity contribution in [3.8, 4) is 0 Å². The Labute approximate surface area is 207 Å². The average molecular weight is 492 g/mol. The van der Waals surface area contributed by atoms with Crippen LogP contribution >= 0.6 is 23.6 Å². The minimum absolute atomic E-state index is 0.148. The molecule has 0 amide bonds. The van der Waals surface area contributed by atoms with Crippen molar-refractivity contribution < 1.29 is 9.53 Å². The number of aryl methyl sites for hydroxylation is 2. The Morgan fingerprint density at radius 2 is 1.85 bits per heavy atom. The molecule has 2 N–H and O–H groups in total. The standard InChI is InChI=1S/C26H25N3O3S2/c1-16-11-18-13-19(24(30)27-23(18)12-17(16)2)14-29(15-20-7-6-10-34-20)26(33)28-22-9-5-4-8-21(22)25(31)32-3/h4-13H,14-15H2,1-3H3,(H,27,30)(H,28,33). The first-order valence-electron chi connectivity index (χ1n) is 10.7. The number of rotatable bonds is 6. The highest BCUT2D eigenvalue weighted by Gasteiger charge is 2.18. The number of thiophene rings is 1. The van der Waals surface area contributed by atoms with Crippen LogP contribution in [0.1, 0.15) is 31.9 Å². The molecule has 4 rings (SSSR count). The summed E-state index contributed by atoms with van der Waals surface area (Å²) in [5.41, 5.74) is 4.51. The molecule has 0 saturated carbocycles. The number of methoxy groups -OCH3 is 1. The van der Waals surface area contributed by atoms with Crippen molar-refractivity contribution in [3.05, 3.63) is 97.5 Å². The highest BCUT2D eigenvalue weighted by molar-refractivity contribution is 7.80. The number of hydrogen-bond donors (Lipinski definition) is 2. The van der Waals surface area contributed by atoms with Gasteiger partial charge in [-0.05, 0) is 84.4 Å². The Bertz CT molecular complexity index is 1410. The van der Waals surface area contributed by atoms with Crippen LogP contribution in [0.25, 0.3) is 10.9 Å². The number of anilines is 1. The van der Waals surface area contributed by atoms with Crippen molar-refractivity contribution >= 4 is 51.2 Å². The van der Waals surface area contributed by atoms with Crippen LogP contribution in [0.2, 0.25) is 0 Å². The number of H-pyrrole nitrogens is 1. The van der Waals surface area contributed by atoms with Crippen LogP contribution in [0.5, 0.6) is 0 Å².